The topological polar surface area (TPSA) is 96.2 Å². The molecule has 0 heterocycles. The van der Waals surface area contributed by atoms with Gasteiger partial charge in [0.1, 0.15) is 18.8 Å². The molecule has 0 aromatic heterocycles. The van der Waals surface area contributed by atoms with Crippen molar-refractivity contribution < 1.29 is 33.2 Å². The molecule has 18 heavy (non-hydrogen) atoms. The van der Waals surface area contributed by atoms with Crippen LogP contribution in [0.2, 0.25) is 0 Å². The fourth-order valence-corrected chi connectivity index (χ4v) is 2.31. The summed E-state index contributed by atoms with van der Waals surface area (Å²) in [7, 11) is 1.65. The quantitative estimate of drug-likeness (QED) is 0.406. The normalized spacial score (nSPS) is 19.3. The van der Waals surface area contributed by atoms with Gasteiger partial charge in [0.15, 0.2) is 0 Å². The molecule has 0 saturated heterocycles. The Balaban J connectivity index is 4.31. The van der Waals surface area contributed by atoms with Gasteiger partial charge in [-0.15, -0.1) is 0 Å². The number of quaternary nitrogens is 1. The molecule has 0 spiro atoms. The molecule has 2 unspecified atom stereocenters. The van der Waals surface area contributed by atoms with Crippen LogP contribution in [0.5, 0.6) is 0 Å². The van der Waals surface area contributed by atoms with Crippen molar-refractivity contribution in [3.63, 3.8) is 0 Å². The zero-order chi connectivity index (χ0) is 14.4. The second kappa shape index (κ2) is 7.55. The fraction of sp³-hybridized carbons (Fsp3) is 1.00. The highest BCUT2D eigenvalue weighted by atomic mass is 31.2. The van der Waals surface area contributed by atoms with Crippen molar-refractivity contribution in [1.82, 2.24) is 0 Å². The number of aliphatic hydroxyl groups excluding tert-OH is 2. The van der Waals surface area contributed by atoms with Crippen LogP contribution in [0.15, 0.2) is 0 Å². The Labute approximate surface area is 108 Å². The van der Waals surface area contributed by atoms with E-state index in [0.29, 0.717) is 17.4 Å². The first-order valence-electron chi connectivity index (χ1n) is 5.84. The molecule has 0 bridgehead atoms. The first-order chi connectivity index (χ1) is 8.09. The predicted octanol–water partition coefficient (Wildman–Crippen LogP) is -0.0420. The molecule has 110 valence electrons. The van der Waals surface area contributed by atoms with E-state index in [1.807, 2.05) is 28.1 Å². The van der Waals surface area contributed by atoms with Crippen LogP contribution in [0, 0.1) is 0 Å². The Bertz CT molecular complexity index is 280. The van der Waals surface area contributed by atoms with Gasteiger partial charge in [-0.25, -0.2) is 4.57 Å². The van der Waals surface area contributed by atoms with Gasteiger partial charge in [0, 0.05) is 0 Å². The number of likely N-dealkylation sites (N-methyl/N-ethyl adjacent to an activating group) is 1. The number of phosphoric acid groups is 1. The Morgan fingerprint density at radius 3 is 2.28 bits per heavy atom. The van der Waals surface area contributed by atoms with Crippen molar-refractivity contribution in [3.8, 4) is 0 Å². The average molecular weight is 286 g/mol. The molecular weight excluding hydrogens is 261 g/mol. The van der Waals surface area contributed by atoms with E-state index >= 15 is 0 Å². The first kappa shape index (κ1) is 18.0. The van der Waals surface area contributed by atoms with Gasteiger partial charge in [-0.3, -0.25) is 9.05 Å². The van der Waals surface area contributed by atoms with E-state index < -0.39 is 33.2 Å². The van der Waals surface area contributed by atoms with E-state index in [1.165, 1.54) is 0 Å². The van der Waals surface area contributed by atoms with E-state index in [0.717, 1.165) is 0 Å². The summed E-state index contributed by atoms with van der Waals surface area (Å²) < 4.78 is 21.8. The predicted molar refractivity (Wildman–Crippen MR) is 66.9 cm³/mol. The first-order valence-corrected chi connectivity index (χ1v) is 7.34. The maximum atomic E-state index is 11.6. The molecule has 0 saturated carbocycles. The standard InChI is InChI=1S/C10H24NO6P/c1-5-10(6-11(2,3)4)17-18(14,15)16-8-9(13)7-12/h9-10,12-13H,5-8H2,1-4H3/p+1/t9-,10?/m0/s1. The monoisotopic (exact) mass is 286 g/mol. The van der Waals surface area contributed by atoms with Gasteiger partial charge in [0.05, 0.1) is 34.4 Å². The number of hydrogen-bond donors (Lipinski definition) is 3. The lowest BCUT2D eigenvalue weighted by Crippen LogP contribution is -2.42. The van der Waals surface area contributed by atoms with Crippen LogP contribution in [0.1, 0.15) is 13.3 Å². The maximum absolute atomic E-state index is 11.6. The van der Waals surface area contributed by atoms with Crippen LogP contribution in [-0.4, -0.2) is 72.7 Å². The Hall–Kier alpha value is -0.0100. The minimum Gasteiger partial charge on any atom is -0.394 e. The van der Waals surface area contributed by atoms with Crippen molar-refractivity contribution >= 4 is 7.82 Å². The lowest BCUT2D eigenvalue weighted by molar-refractivity contribution is -0.873. The molecule has 0 radical (unpaired) electrons. The van der Waals surface area contributed by atoms with Crippen molar-refractivity contribution in [2.75, 3.05) is 40.9 Å². The van der Waals surface area contributed by atoms with Gasteiger partial charge in [0.2, 0.25) is 0 Å². The van der Waals surface area contributed by atoms with Crippen molar-refractivity contribution in [2.24, 2.45) is 0 Å². The van der Waals surface area contributed by atoms with E-state index in [2.05, 4.69) is 4.52 Å². The lowest BCUT2D eigenvalue weighted by Gasteiger charge is -2.29. The number of hydrogen-bond acceptors (Lipinski definition) is 5. The van der Waals surface area contributed by atoms with E-state index in [1.54, 1.807) is 0 Å². The average Bonchev–Trinajstić information content (AvgIpc) is 2.22. The third kappa shape index (κ3) is 8.99. The van der Waals surface area contributed by atoms with Crippen LogP contribution in [0.4, 0.5) is 0 Å². The van der Waals surface area contributed by atoms with Gasteiger partial charge < -0.3 is 19.6 Å². The van der Waals surface area contributed by atoms with Crippen molar-refractivity contribution in [1.29, 1.82) is 0 Å². The van der Waals surface area contributed by atoms with Crippen LogP contribution in [-0.2, 0) is 13.6 Å². The molecule has 0 aliphatic heterocycles. The summed E-state index contributed by atoms with van der Waals surface area (Å²) in [4.78, 5) is 9.47. The van der Waals surface area contributed by atoms with Crippen molar-refractivity contribution in [2.45, 2.75) is 25.6 Å². The third-order valence-corrected chi connectivity index (χ3v) is 3.17. The van der Waals surface area contributed by atoms with Gasteiger partial charge in [-0.1, -0.05) is 6.92 Å². The summed E-state index contributed by atoms with van der Waals surface area (Å²) in [5.41, 5.74) is 0. The van der Waals surface area contributed by atoms with Gasteiger partial charge >= 0.3 is 7.82 Å². The lowest BCUT2D eigenvalue weighted by atomic mass is 10.2. The van der Waals surface area contributed by atoms with Crippen molar-refractivity contribution in [3.05, 3.63) is 0 Å². The molecule has 3 N–H and O–H groups in total. The Morgan fingerprint density at radius 1 is 1.33 bits per heavy atom. The van der Waals surface area contributed by atoms with Crippen LogP contribution in [0.3, 0.4) is 0 Å². The number of aliphatic hydroxyl groups is 2. The Kier molecular flexibility index (Phi) is 7.54. The molecule has 0 aliphatic carbocycles. The van der Waals surface area contributed by atoms with E-state index in [-0.39, 0.29) is 0 Å². The zero-order valence-electron chi connectivity index (χ0n) is 11.4. The third-order valence-electron chi connectivity index (χ3n) is 2.13. The number of phosphoric ester groups is 1. The molecule has 3 atom stereocenters. The smallest absolute Gasteiger partial charge is 0.394 e. The summed E-state index contributed by atoms with van der Waals surface area (Å²) in [5.74, 6) is 0. The number of nitrogens with zero attached hydrogens (tertiary/aromatic N) is 1. The summed E-state index contributed by atoms with van der Waals surface area (Å²) in [6.07, 6.45) is -1.02. The number of rotatable bonds is 9. The second-order valence-corrected chi connectivity index (χ2v) is 6.62. The van der Waals surface area contributed by atoms with Gasteiger partial charge in [-0.2, -0.15) is 0 Å². The van der Waals surface area contributed by atoms with Crippen LogP contribution in [0.25, 0.3) is 0 Å². The summed E-state index contributed by atoms with van der Waals surface area (Å²) in [6, 6.07) is 0. The second-order valence-electron chi connectivity index (χ2n) is 5.21. The molecule has 7 nitrogen and oxygen atoms in total. The van der Waals surface area contributed by atoms with E-state index in [9.17, 15) is 9.46 Å². The molecule has 0 rings (SSSR count). The summed E-state index contributed by atoms with van der Waals surface area (Å²) >= 11 is 0. The van der Waals surface area contributed by atoms with Gasteiger partial charge in [-0.05, 0) is 6.42 Å². The highest BCUT2D eigenvalue weighted by Crippen LogP contribution is 2.45. The molecule has 0 aliphatic rings. The molecule has 8 heteroatoms. The van der Waals surface area contributed by atoms with E-state index in [4.69, 9.17) is 14.7 Å². The molecule has 0 aromatic rings. The van der Waals surface area contributed by atoms with Gasteiger partial charge in [0.25, 0.3) is 0 Å². The maximum Gasteiger partial charge on any atom is 0.472 e. The zero-order valence-corrected chi connectivity index (χ0v) is 12.3. The molecule has 0 amide bonds. The highest BCUT2D eigenvalue weighted by Gasteiger charge is 2.29. The van der Waals surface area contributed by atoms with Crippen LogP contribution >= 0.6 is 7.82 Å². The highest BCUT2D eigenvalue weighted by molar-refractivity contribution is 7.47. The minimum absolute atomic E-state index is 0.410. The molecule has 0 fully saturated rings. The Morgan fingerprint density at radius 2 is 1.89 bits per heavy atom. The largest absolute Gasteiger partial charge is 0.472 e. The van der Waals surface area contributed by atoms with Crippen LogP contribution < -0.4 is 0 Å². The molecular formula is C10H25NO6P+. The summed E-state index contributed by atoms with van der Waals surface area (Å²) in [6.45, 7) is 1.44. The fourth-order valence-electron chi connectivity index (χ4n) is 1.30. The minimum atomic E-state index is -4.20. The molecule has 0 aromatic carbocycles. The SMILES string of the molecule is CCC(C[N+](C)(C)C)OP(=O)(O)OC[C@@H](O)CO. The summed E-state index contributed by atoms with van der Waals surface area (Å²) in [5, 5.41) is 17.6.